The smallest absolute Gasteiger partial charge is 0.257 e. The van der Waals surface area contributed by atoms with Crippen LogP contribution in [-0.4, -0.2) is 43.4 Å². The Morgan fingerprint density at radius 1 is 1.09 bits per heavy atom. The van der Waals surface area contributed by atoms with Crippen molar-refractivity contribution in [2.24, 2.45) is 5.92 Å². The Hall–Kier alpha value is -2.49. The van der Waals surface area contributed by atoms with Crippen LogP contribution in [0.25, 0.3) is 0 Å². The molecular formula is C23H29N3O4S2. The highest BCUT2D eigenvalue weighted by Gasteiger charge is 2.27. The molecule has 9 heteroatoms. The number of hydrogen-bond acceptors (Lipinski definition) is 5. The van der Waals surface area contributed by atoms with Crippen molar-refractivity contribution < 1.29 is 17.9 Å². The number of benzene rings is 2. The number of carbonyl (C=O) groups excluding carboxylic acids is 1. The number of sulfonamides is 1. The van der Waals surface area contributed by atoms with Crippen LogP contribution in [0.1, 0.15) is 43.5 Å². The molecule has 0 radical (unpaired) electrons. The van der Waals surface area contributed by atoms with E-state index in [2.05, 4.69) is 17.6 Å². The molecule has 1 fully saturated rings. The van der Waals surface area contributed by atoms with Gasteiger partial charge in [0.15, 0.2) is 5.11 Å². The molecule has 3 rings (SSSR count). The minimum atomic E-state index is -3.50. The maximum absolute atomic E-state index is 12.8. The van der Waals surface area contributed by atoms with Crippen LogP contribution in [0.15, 0.2) is 53.4 Å². The fourth-order valence-electron chi connectivity index (χ4n) is 3.34. The second kappa shape index (κ2) is 10.9. The third-order valence-electron chi connectivity index (χ3n) is 5.31. The molecule has 0 unspecified atom stereocenters. The summed E-state index contributed by atoms with van der Waals surface area (Å²) in [5.74, 6) is 0.915. The summed E-state index contributed by atoms with van der Waals surface area (Å²) in [4.78, 5) is 12.6. The normalized spacial score (nSPS) is 15.2. The lowest BCUT2D eigenvalue weighted by atomic mass is 10.0. The molecule has 0 atom stereocenters. The second-order valence-electron chi connectivity index (χ2n) is 7.89. The van der Waals surface area contributed by atoms with Gasteiger partial charge in [-0.25, -0.2) is 8.42 Å². The molecule has 1 aliphatic rings. The number of amides is 1. The minimum absolute atomic E-state index is 0.127. The van der Waals surface area contributed by atoms with Gasteiger partial charge in [0.05, 0.1) is 11.5 Å². The number of nitrogens with zero attached hydrogens (tertiary/aromatic N) is 1. The number of ether oxygens (including phenoxy) is 1. The van der Waals surface area contributed by atoms with Crippen molar-refractivity contribution in [1.29, 1.82) is 0 Å². The first kappa shape index (κ1) is 24.2. The fraction of sp³-hybridized carbons (Fsp3) is 0.391. The van der Waals surface area contributed by atoms with E-state index in [9.17, 15) is 13.2 Å². The predicted molar refractivity (Wildman–Crippen MR) is 130 cm³/mol. The average molecular weight is 476 g/mol. The van der Waals surface area contributed by atoms with Crippen LogP contribution in [0, 0.1) is 5.92 Å². The van der Waals surface area contributed by atoms with Crippen LogP contribution in [0.5, 0.6) is 5.75 Å². The topological polar surface area (TPSA) is 87.7 Å². The van der Waals surface area contributed by atoms with Gasteiger partial charge in [-0.1, -0.05) is 13.8 Å². The third-order valence-corrected chi connectivity index (χ3v) is 7.43. The van der Waals surface area contributed by atoms with Crippen molar-refractivity contribution in [2.75, 3.05) is 25.0 Å². The summed E-state index contributed by atoms with van der Waals surface area (Å²) in [6, 6.07) is 13.2. The number of hydrogen-bond donors (Lipinski definition) is 2. The summed E-state index contributed by atoms with van der Waals surface area (Å²) in [7, 11) is -3.50. The van der Waals surface area contributed by atoms with E-state index in [0.717, 1.165) is 19.3 Å². The van der Waals surface area contributed by atoms with Crippen LogP contribution in [0.4, 0.5) is 5.69 Å². The maximum Gasteiger partial charge on any atom is 0.257 e. The number of carbonyl (C=O) groups is 1. The lowest BCUT2D eigenvalue weighted by molar-refractivity contribution is 0.0977. The summed E-state index contributed by atoms with van der Waals surface area (Å²) in [5, 5.41) is 5.66. The SMILES string of the molecule is CCCOc1ccc(C(=O)NC(=S)Nc2ccc(S(=O)(=O)N3CCC(C)CC3)cc2)cc1. The molecule has 7 nitrogen and oxygen atoms in total. The molecule has 1 heterocycles. The van der Waals surface area contributed by atoms with E-state index in [1.807, 2.05) is 6.92 Å². The Bertz CT molecular complexity index is 1030. The summed E-state index contributed by atoms with van der Waals surface area (Å²) in [6.45, 7) is 5.88. The number of rotatable bonds is 7. The number of anilines is 1. The zero-order chi connectivity index (χ0) is 23.1. The largest absolute Gasteiger partial charge is 0.494 e. The monoisotopic (exact) mass is 475 g/mol. The van der Waals surface area contributed by atoms with Gasteiger partial charge in [0, 0.05) is 24.3 Å². The number of thiocarbonyl (C=S) groups is 1. The second-order valence-corrected chi connectivity index (χ2v) is 10.2. The number of nitrogens with one attached hydrogen (secondary N) is 2. The average Bonchev–Trinajstić information content (AvgIpc) is 2.78. The van der Waals surface area contributed by atoms with Gasteiger partial charge in [-0.2, -0.15) is 4.31 Å². The van der Waals surface area contributed by atoms with Crippen LogP contribution < -0.4 is 15.4 Å². The molecule has 32 heavy (non-hydrogen) atoms. The molecule has 1 aliphatic heterocycles. The summed E-state index contributed by atoms with van der Waals surface area (Å²) < 4.78 is 32.7. The first-order valence-corrected chi connectivity index (χ1v) is 12.6. The van der Waals surface area contributed by atoms with Gasteiger partial charge < -0.3 is 10.1 Å². The van der Waals surface area contributed by atoms with Gasteiger partial charge in [-0.05, 0) is 85.9 Å². The Balaban J connectivity index is 1.55. The van der Waals surface area contributed by atoms with Gasteiger partial charge in [0.1, 0.15) is 5.75 Å². The lowest BCUT2D eigenvalue weighted by Crippen LogP contribution is -2.37. The van der Waals surface area contributed by atoms with E-state index in [1.165, 1.54) is 0 Å². The fourth-order valence-corrected chi connectivity index (χ4v) is 5.02. The first-order valence-electron chi connectivity index (χ1n) is 10.7. The molecule has 0 spiro atoms. The molecule has 2 aromatic rings. The zero-order valence-corrected chi connectivity index (χ0v) is 20.0. The maximum atomic E-state index is 12.8. The number of piperidine rings is 1. The molecule has 0 aliphatic carbocycles. The highest BCUT2D eigenvalue weighted by atomic mass is 32.2. The molecule has 0 aromatic heterocycles. The molecule has 1 saturated heterocycles. The molecule has 2 N–H and O–H groups in total. The molecule has 1 amide bonds. The Kier molecular flexibility index (Phi) is 8.22. The zero-order valence-electron chi connectivity index (χ0n) is 18.3. The van der Waals surface area contributed by atoms with Crippen molar-refractivity contribution in [1.82, 2.24) is 9.62 Å². The van der Waals surface area contributed by atoms with E-state index in [4.69, 9.17) is 17.0 Å². The van der Waals surface area contributed by atoms with E-state index in [0.29, 0.717) is 42.6 Å². The van der Waals surface area contributed by atoms with Gasteiger partial charge >= 0.3 is 0 Å². The van der Waals surface area contributed by atoms with E-state index in [1.54, 1.807) is 52.8 Å². The van der Waals surface area contributed by atoms with Crippen molar-refractivity contribution >= 4 is 38.9 Å². The van der Waals surface area contributed by atoms with Crippen LogP contribution in [-0.2, 0) is 10.0 Å². The van der Waals surface area contributed by atoms with Crippen molar-refractivity contribution in [3.05, 3.63) is 54.1 Å². The van der Waals surface area contributed by atoms with Gasteiger partial charge in [0.25, 0.3) is 5.91 Å². The predicted octanol–water partition coefficient (Wildman–Crippen LogP) is 4.02. The van der Waals surface area contributed by atoms with E-state index >= 15 is 0 Å². The Morgan fingerprint density at radius 3 is 2.31 bits per heavy atom. The first-order chi connectivity index (χ1) is 15.3. The standard InChI is InChI=1S/C23H29N3O4S2/c1-3-16-30-20-8-4-18(5-9-20)22(27)25-23(31)24-19-6-10-21(11-7-19)32(28,29)26-14-12-17(2)13-15-26/h4-11,17H,3,12-16H2,1-2H3,(H2,24,25,27,31). The molecule has 0 saturated carbocycles. The van der Waals surface area contributed by atoms with Crippen molar-refractivity contribution in [2.45, 2.75) is 38.0 Å². The van der Waals surface area contributed by atoms with E-state index in [-0.39, 0.29) is 15.9 Å². The molecule has 172 valence electrons. The summed E-state index contributed by atoms with van der Waals surface area (Å²) >= 11 is 5.22. The van der Waals surface area contributed by atoms with Crippen molar-refractivity contribution in [3.63, 3.8) is 0 Å². The van der Waals surface area contributed by atoms with Crippen LogP contribution in [0.3, 0.4) is 0 Å². The summed E-state index contributed by atoms with van der Waals surface area (Å²) in [5.41, 5.74) is 1.04. The highest BCUT2D eigenvalue weighted by molar-refractivity contribution is 7.89. The van der Waals surface area contributed by atoms with Crippen molar-refractivity contribution in [3.8, 4) is 5.75 Å². The van der Waals surface area contributed by atoms with Gasteiger partial charge in [-0.3, -0.25) is 10.1 Å². The van der Waals surface area contributed by atoms with Crippen LogP contribution in [0.2, 0.25) is 0 Å². The Morgan fingerprint density at radius 2 is 1.72 bits per heavy atom. The Labute approximate surface area is 195 Å². The molecular weight excluding hydrogens is 446 g/mol. The van der Waals surface area contributed by atoms with Gasteiger partial charge in [0.2, 0.25) is 10.0 Å². The molecule has 2 aromatic carbocycles. The highest BCUT2D eigenvalue weighted by Crippen LogP contribution is 2.24. The quantitative estimate of drug-likeness (QED) is 0.588. The third kappa shape index (κ3) is 6.27. The van der Waals surface area contributed by atoms with E-state index < -0.39 is 10.0 Å². The minimum Gasteiger partial charge on any atom is -0.494 e. The summed E-state index contributed by atoms with van der Waals surface area (Å²) in [6.07, 6.45) is 2.66. The lowest BCUT2D eigenvalue weighted by Gasteiger charge is -2.29. The van der Waals surface area contributed by atoms with Gasteiger partial charge in [-0.15, -0.1) is 0 Å². The van der Waals surface area contributed by atoms with Crippen LogP contribution >= 0.6 is 12.2 Å². The molecule has 0 bridgehead atoms.